The number of hydrogen-bond acceptors (Lipinski definition) is 4. The summed E-state index contributed by atoms with van der Waals surface area (Å²) in [5.41, 5.74) is 4.51. The van der Waals surface area contributed by atoms with Gasteiger partial charge in [0, 0.05) is 13.0 Å². The maximum absolute atomic E-state index is 11.6. The molecule has 0 aromatic carbocycles. The van der Waals surface area contributed by atoms with Crippen LogP contribution in [0.2, 0.25) is 0 Å². The van der Waals surface area contributed by atoms with Crippen LogP contribution < -0.4 is 5.73 Å². The van der Waals surface area contributed by atoms with E-state index in [4.69, 9.17) is 5.73 Å². The van der Waals surface area contributed by atoms with Crippen molar-refractivity contribution in [3.8, 4) is 0 Å². The molecule has 0 aliphatic carbocycles. The molecule has 0 aromatic rings. The molecule has 26 heavy (non-hydrogen) atoms. The molecule has 0 rings (SSSR count). The molecule has 0 saturated heterocycles. The van der Waals surface area contributed by atoms with E-state index < -0.39 is 13.1 Å². The summed E-state index contributed by atoms with van der Waals surface area (Å²) in [6.07, 6.45) is 20.0. The van der Waals surface area contributed by atoms with E-state index in [0.717, 1.165) is 25.7 Å². The second-order valence-corrected chi connectivity index (χ2v) is 8.67. The zero-order valence-corrected chi connectivity index (χ0v) is 17.6. The third-order valence-electron chi connectivity index (χ3n) is 4.35. The molecule has 0 bridgehead atoms. The molecule has 0 amide bonds. The standard InChI is InChI=1S/C20H40NO4P/c1-2-3-4-5-6-7-8-9-10-11-12-13-14-15-16-17-20(22)26(23,24)25-19-18-21/h9-10H,2-8,11-19,21H2,1H3,(H,23,24)/b10-9-. The van der Waals surface area contributed by atoms with Crippen molar-refractivity contribution in [2.24, 2.45) is 5.73 Å². The lowest BCUT2D eigenvalue weighted by Gasteiger charge is -2.09. The van der Waals surface area contributed by atoms with Crippen molar-refractivity contribution >= 4 is 13.1 Å². The van der Waals surface area contributed by atoms with E-state index in [1.54, 1.807) is 0 Å². The van der Waals surface area contributed by atoms with Crippen LogP contribution in [0.1, 0.15) is 96.8 Å². The van der Waals surface area contributed by atoms with Gasteiger partial charge in [0.2, 0.25) is 5.52 Å². The lowest BCUT2D eigenvalue weighted by atomic mass is 10.1. The van der Waals surface area contributed by atoms with E-state index in [-0.39, 0.29) is 19.6 Å². The zero-order chi connectivity index (χ0) is 19.5. The van der Waals surface area contributed by atoms with Crippen molar-refractivity contribution in [1.29, 1.82) is 0 Å². The van der Waals surface area contributed by atoms with Crippen LogP contribution in [0.3, 0.4) is 0 Å². The minimum atomic E-state index is -4.12. The Hall–Kier alpha value is -0.480. The predicted octanol–water partition coefficient (Wildman–Crippen LogP) is 5.71. The van der Waals surface area contributed by atoms with Gasteiger partial charge in [-0.2, -0.15) is 0 Å². The third kappa shape index (κ3) is 15.7. The Kier molecular flexibility index (Phi) is 17.6. The van der Waals surface area contributed by atoms with Crippen LogP contribution in [0.15, 0.2) is 12.2 Å². The molecule has 0 aliphatic rings. The Bertz CT molecular complexity index is 413. The molecule has 0 heterocycles. The fraction of sp³-hybridized carbons (Fsp3) is 0.850. The van der Waals surface area contributed by atoms with Crippen LogP contribution in [-0.2, 0) is 13.9 Å². The van der Waals surface area contributed by atoms with Crippen LogP contribution in [0.5, 0.6) is 0 Å². The first-order valence-corrected chi connectivity index (χ1v) is 12.0. The van der Waals surface area contributed by atoms with Crippen molar-refractivity contribution in [3.05, 3.63) is 12.2 Å². The Morgan fingerprint density at radius 3 is 1.96 bits per heavy atom. The van der Waals surface area contributed by atoms with Gasteiger partial charge >= 0.3 is 7.60 Å². The van der Waals surface area contributed by atoms with Crippen LogP contribution in [0.25, 0.3) is 0 Å². The Morgan fingerprint density at radius 1 is 0.923 bits per heavy atom. The van der Waals surface area contributed by atoms with Gasteiger partial charge < -0.3 is 15.2 Å². The Morgan fingerprint density at radius 2 is 1.42 bits per heavy atom. The maximum Gasteiger partial charge on any atom is 0.394 e. The first kappa shape index (κ1) is 25.5. The predicted molar refractivity (Wildman–Crippen MR) is 109 cm³/mol. The molecule has 3 N–H and O–H groups in total. The van der Waals surface area contributed by atoms with Gasteiger partial charge in [0.05, 0.1) is 6.61 Å². The minimum absolute atomic E-state index is 0.0636. The zero-order valence-electron chi connectivity index (χ0n) is 16.7. The normalized spacial score (nSPS) is 14.0. The SMILES string of the molecule is CCCCCCCC/C=C\CCCCCCCC(=O)P(=O)(O)OCCN. The van der Waals surface area contributed by atoms with E-state index in [0.29, 0.717) is 6.42 Å². The van der Waals surface area contributed by atoms with E-state index in [2.05, 4.69) is 23.6 Å². The molecule has 0 radical (unpaired) electrons. The summed E-state index contributed by atoms with van der Waals surface area (Å²) in [6.45, 7) is 2.31. The quantitative estimate of drug-likeness (QED) is 0.168. The fourth-order valence-corrected chi connectivity index (χ4v) is 3.67. The second kappa shape index (κ2) is 17.9. The topological polar surface area (TPSA) is 89.6 Å². The van der Waals surface area contributed by atoms with Gasteiger partial charge in [-0.1, -0.05) is 70.4 Å². The first-order valence-electron chi connectivity index (χ1n) is 10.4. The highest BCUT2D eigenvalue weighted by Crippen LogP contribution is 2.44. The van der Waals surface area contributed by atoms with Crippen molar-refractivity contribution in [2.75, 3.05) is 13.2 Å². The van der Waals surface area contributed by atoms with Gasteiger partial charge in [0.1, 0.15) is 0 Å². The summed E-state index contributed by atoms with van der Waals surface area (Å²) in [7, 11) is -4.12. The summed E-state index contributed by atoms with van der Waals surface area (Å²) >= 11 is 0. The first-order chi connectivity index (χ1) is 12.5. The molecular formula is C20H40NO4P. The molecule has 6 heteroatoms. The van der Waals surface area contributed by atoms with Crippen LogP contribution in [-0.4, -0.2) is 23.6 Å². The van der Waals surface area contributed by atoms with Crippen molar-refractivity contribution < 1.29 is 18.8 Å². The number of nitrogens with two attached hydrogens (primary N) is 1. The lowest BCUT2D eigenvalue weighted by Crippen LogP contribution is -2.10. The highest BCUT2D eigenvalue weighted by Gasteiger charge is 2.29. The largest absolute Gasteiger partial charge is 0.394 e. The van der Waals surface area contributed by atoms with Crippen molar-refractivity contribution in [3.63, 3.8) is 0 Å². The maximum atomic E-state index is 11.6. The van der Waals surface area contributed by atoms with Gasteiger partial charge in [-0.3, -0.25) is 9.36 Å². The van der Waals surface area contributed by atoms with Crippen LogP contribution >= 0.6 is 7.60 Å². The molecule has 5 nitrogen and oxygen atoms in total. The third-order valence-corrected chi connectivity index (χ3v) is 5.74. The van der Waals surface area contributed by atoms with Gasteiger partial charge in [0.15, 0.2) is 0 Å². The molecule has 0 saturated carbocycles. The van der Waals surface area contributed by atoms with E-state index in [1.165, 1.54) is 51.4 Å². The number of hydrogen-bond donors (Lipinski definition) is 2. The number of unbranched alkanes of at least 4 members (excludes halogenated alkanes) is 11. The molecule has 1 unspecified atom stereocenters. The summed E-state index contributed by atoms with van der Waals surface area (Å²) < 4.78 is 16.2. The summed E-state index contributed by atoms with van der Waals surface area (Å²) in [5.74, 6) is 0. The summed E-state index contributed by atoms with van der Waals surface area (Å²) in [5, 5.41) is 0. The molecule has 0 spiro atoms. The number of carbonyl (C=O) groups excluding carboxylic acids is 1. The molecule has 1 atom stereocenters. The highest BCUT2D eigenvalue weighted by atomic mass is 31.2. The second-order valence-electron chi connectivity index (χ2n) is 6.87. The Labute approximate surface area is 160 Å². The lowest BCUT2D eigenvalue weighted by molar-refractivity contribution is -0.113. The van der Waals surface area contributed by atoms with E-state index in [1.807, 2.05) is 0 Å². The smallest absolute Gasteiger partial charge is 0.328 e. The summed E-state index contributed by atoms with van der Waals surface area (Å²) in [4.78, 5) is 21.1. The molecular weight excluding hydrogens is 349 g/mol. The van der Waals surface area contributed by atoms with Crippen LogP contribution in [0.4, 0.5) is 0 Å². The van der Waals surface area contributed by atoms with E-state index >= 15 is 0 Å². The molecule has 0 aromatic heterocycles. The van der Waals surface area contributed by atoms with Gasteiger partial charge in [-0.25, -0.2) is 0 Å². The van der Waals surface area contributed by atoms with E-state index in [9.17, 15) is 14.3 Å². The van der Waals surface area contributed by atoms with Crippen molar-refractivity contribution in [1.82, 2.24) is 0 Å². The minimum Gasteiger partial charge on any atom is -0.328 e. The highest BCUT2D eigenvalue weighted by molar-refractivity contribution is 7.70. The average molecular weight is 390 g/mol. The number of allylic oxidation sites excluding steroid dienone is 2. The van der Waals surface area contributed by atoms with Gasteiger partial charge in [-0.05, 0) is 32.1 Å². The molecule has 0 fully saturated rings. The van der Waals surface area contributed by atoms with Crippen molar-refractivity contribution in [2.45, 2.75) is 96.8 Å². The number of rotatable bonds is 19. The molecule has 154 valence electrons. The fourth-order valence-electron chi connectivity index (χ4n) is 2.74. The van der Waals surface area contributed by atoms with Gasteiger partial charge in [0.25, 0.3) is 0 Å². The average Bonchev–Trinajstić information content (AvgIpc) is 2.63. The number of carbonyl (C=O) groups is 1. The monoisotopic (exact) mass is 389 g/mol. The summed E-state index contributed by atoms with van der Waals surface area (Å²) in [6, 6.07) is 0. The Balaban J connectivity index is 3.41. The van der Waals surface area contributed by atoms with Gasteiger partial charge in [-0.15, -0.1) is 0 Å². The van der Waals surface area contributed by atoms with Crippen LogP contribution in [0, 0.1) is 0 Å². The molecule has 0 aliphatic heterocycles.